The third-order valence-electron chi connectivity index (χ3n) is 2.27. The van der Waals surface area contributed by atoms with Gasteiger partial charge in [0.25, 0.3) is 0 Å². The first-order valence-corrected chi connectivity index (χ1v) is 4.78. The zero-order valence-electron chi connectivity index (χ0n) is 7.96. The van der Waals surface area contributed by atoms with Crippen molar-refractivity contribution in [1.82, 2.24) is 4.90 Å². The SMILES string of the molecule is COCCN(CCN)CC1CC1. The van der Waals surface area contributed by atoms with Gasteiger partial charge in [-0.2, -0.15) is 0 Å². The van der Waals surface area contributed by atoms with E-state index in [1.54, 1.807) is 7.11 Å². The van der Waals surface area contributed by atoms with Gasteiger partial charge < -0.3 is 10.5 Å². The van der Waals surface area contributed by atoms with Gasteiger partial charge in [0.15, 0.2) is 0 Å². The van der Waals surface area contributed by atoms with Crippen LogP contribution in [0.3, 0.4) is 0 Å². The third kappa shape index (κ3) is 4.04. The van der Waals surface area contributed by atoms with Gasteiger partial charge in [0, 0.05) is 33.3 Å². The molecule has 2 N–H and O–H groups in total. The summed E-state index contributed by atoms with van der Waals surface area (Å²) >= 11 is 0. The molecule has 0 aromatic carbocycles. The number of hydrogen-bond donors (Lipinski definition) is 1. The quantitative estimate of drug-likeness (QED) is 0.600. The van der Waals surface area contributed by atoms with Gasteiger partial charge in [-0.1, -0.05) is 0 Å². The van der Waals surface area contributed by atoms with E-state index in [-0.39, 0.29) is 0 Å². The Morgan fingerprint density at radius 1 is 1.42 bits per heavy atom. The lowest BCUT2D eigenvalue weighted by Gasteiger charge is -2.20. The molecule has 0 atom stereocenters. The zero-order chi connectivity index (χ0) is 8.81. The van der Waals surface area contributed by atoms with Crippen LogP contribution in [0, 0.1) is 5.92 Å². The molecule has 0 aromatic rings. The number of rotatable bonds is 7. The fourth-order valence-electron chi connectivity index (χ4n) is 1.36. The van der Waals surface area contributed by atoms with E-state index in [0.717, 1.165) is 32.2 Å². The molecule has 1 rings (SSSR count). The lowest BCUT2D eigenvalue weighted by molar-refractivity contribution is 0.146. The topological polar surface area (TPSA) is 38.5 Å². The molecule has 1 saturated carbocycles. The summed E-state index contributed by atoms with van der Waals surface area (Å²) in [7, 11) is 1.75. The molecule has 3 nitrogen and oxygen atoms in total. The summed E-state index contributed by atoms with van der Waals surface area (Å²) in [5.41, 5.74) is 5.51. The third-order valence-corrected chi connectivity index (χ3v) is 2.27. The van der Waals surface area contributed by atoms with Crippen LogP contribution >= 0.6 is 0 Å². The predicted octanol–water partition coefficient (Wildman–Crippen LogP) is 0.304. The molecule has 12 heavy (non-hydrogen) atoms. The Morgan fingerprint density at radius 3 is 2.67 bits per heavy atom. The fraction of sp³-hybridized carbons (Fsp3) is 1.00. The molecule has 1 aliphatic rings. The summed E-state index contributed by atoms with van der Waals surface area (Å²) in [5, 5.41) is 0. The van der Waals surface area contributed by atoms with Crippen LogP contribution in [0.4, 0.5) is 0 Å². The fourth-order valence-corrected chi connectivity index (χ4v) is 1.36. The van der Waals surface area contributed by atoms with E-state index in [1.165, 1.54) is 19.4 Å². The summed E-state index contributed by atoms with van der Waals surface area (Å²) in [5.74, 6) is 0.952. The van der Waals surface area contributed by atoms with Crippen molar-refractivity contribution in [3.05, 3.63) is 0 Å². The molecule has 0 aromatic heterocycles. The Morgan fingerprint density at radius 2 is 2.17 bits per heavy atom. The minimum absolute atomic E-state index is 0.760. The lowest BCUT2D eigenvalue weighted by Crippen LogP contribution is -2.34. The molecule has 0 aliphatic heterocycles. The van der Waals surface area contributed by atoms with Crippen LogP contribution in [0.5, 0.6) is 0 Å². The largest absolute Gasteiger partial charge is 0.383 e. The van der Waals surface area contributed by atoms with Crippen molar-refractivity contribution in [3.63, 3.8) is 0 Å². The highest BCUT2D eigenvalue weighted by molar-refractivity contribution is 4.77. The normalized spacial score (nSPS) is 17.2. The Labute approximate surface area is 74.9 Å². The minimum Gasteiger partial charge on any atom is -0.383 e. The van der Waals surface area contributed by atoms with Crippen molar-refractivity contribution in [1.29, 1.82) is 0 Å². The monoisotopic (exact) mass is 172 g/mol. The van der Waals surface area contributed by atoms with E-state index >= 15 is 0 Å². The number of methoxy groups -OCH3 is 1. The van der Waals surface area contributed by atoms with Gasteiger partial charge in [-0.05, 0) is 18.8 Å². The number of hydrogen-bond acceptors (Lipinski definition) is 3. The smallest absolute Gasteiger partial charge is 0.0589 e. The van der Waals surface area contributed by atoms with Crippen molar-refractivity contribution in [2.45, 2.75) is 12.8 Å². The summed E-state index contributed by atoms with van der Waals surface area (Å²) in [6, 6.07) is 0. The molecule has 0 amide bonds. The molecule has 0 bridgehead atoms. The number of nitrogens with two attached hydrogens (primary N) is 1. The summed E-state index contributed by atoms with van der Waals surface area (Å²) in [6.45, 7) is 4.85. The molecule has 72 valence electrons. The van der Waals surface area contributed by atoms with Crippen LogP contribution in [-0.2, 0) is 4.74 Å². The number of nitrogens with zero attached hydrogens (tertiary/aromatic N) is 1. The van der Waals surface area contributed by atoms with Crippen LogP contribution in [0.15, 0.2) is 0 Å². The van der Waals surface area contributed by atoms with Crippen molar-refractivity contribution in [2.75, 3.05) is 39.9 Å². The van der Waals surface area contributed by atoms with Gasteiger partial charge in [-0.15, -0.1) is 0 Å². The van der Waals surface area contributed by atoms with Gasteiger partial charge >= 0.3 is 0 Å². The summed E-state index contributed by atoms with van der Waals surface area (Å²) in [6.07, 6.45) is 2.82. The average molecular weight is 172 g/mol. The van der Waals surface area contributed by atoms with Gasteiger partial charge in [-0.25, -0.2) is 0 Å². The molecule has 0 spiro atoms. The maximum atomic E-state index is 5.51. The van der Waals surface area contributed by atoms with E-state index in [9.17, 15) is 0 Å². The average Bonchev–Trinajstić information content (AvgIpc) is 2.84. The Hall–Kier alpha value is -0.120. The predicted molar refractivity (Wildman–Crippen MR) is 50.1 cm³/mol. The molecule has 1 fully saturated rings. The molecule has 0 unspecified atom stereocenters. The molecule has 0 heterocycles. The Bertz CT molecular complexity index is 115. The van der Waals surface area contributed by atoms with E-state index in [4.69, 9.17) is 10.5 Å². The lowest BCUT2D eigenvalue weighted by atomic mass is 10.3. The van der Waals surface area contributed by atoms with Gasteiger partial charge in [0.05, 0.1) is 6.61 Å². The second-order valence-electron chi connectivity index (χ2n) is 3.53. The van der Waals surface area contributed by atoms with E-state index in [0.29, 0.717) is 0 Å². The van der Waals surface area contributed by atoms with E-state index in [2.05, 4.69) is 4.90 Å². The Balaban J connectivity index is 2.07. The minimum atomic E-state index is 0.760. The maximum Gasteiger partial charge on any atom is 0.0589 e. The van der Waals surface area contributed by atoms with Crippen LogP contribution in [-0.4, -0.2) is 44.8 Å². The summed E-state index contributed by atoms with van der Waals surface area (Å²) < 4.78 is 5.04. The highest BCUT2D eigenvalue weighted by Crippen LogP contribution is 2.29. The van der Waals surface area contributed by atoms with Crippen molar-refractivity contribution in [3.8, 4) is 0 Å². The standard InChI is InChI=1S/C9H20N2O/c1-12-7-6-11(5-4-10)8-9-2-3-9/h9H,2-8,10H2,1H3. The van der Waals surface area contributed by atoms with Crippen molar-refractivity contribution >= 4 is 0 Å². The van der Waals surface area contributed by atoms with Crippen LogP contribution in [0.2, 0.25) is 0 Å². The van der Waals surface area contributed by atoms with Crippen LogP contribution in [0.25, 0.3) is 0 Å². The molecular formula is C9H20N2O. The maximum absolute atomic E-state index is 5.51. The molecule has 0 saturated heterocycles. The van der Waals surface area contributed by atoms with Crippen molar-refractivity contribution in [2.24, 2.45) is 11.7 Å². The van der Waals surface area contributed by atoms with E-state index in [1.807, 2.05) is 0 Å². The molecular weight excluding hydrogens is 152 g/mol. The highest BCUT2D eigenvalue weighted by atomic mass is 16.5. The number of ether oxygens (including phenoxy) is 1. The second-order valence-corrected chi connectivity index (χ2v) is 3.53. The highest BCUT2D eigenvalue weighted by Gasteiger charge is 2.23. The second kappa shape index (κ2) is 5.51. The van der Waals surface area contributed by atoms with Crippen LogP contribution in [0.1, 0.15) is 12.8 Å². The van der Waals surface area contributed by atoms with Crippen LogP contribution < -0.4 is 5.73 Å². The molecule has 3 heteroatoms. The first-order valence-electron chi connectivity index (χ1n) is 4.78. The molecule has 1 aliphatic carbocycles. The summed E-state index contributed by atoms with van der Waals surface area (Å²) in [4.78, 5) is 2.40. The first-order chi connectivity index (χ1) is 5.86. The van der Waals surface area contributed by atoms with Crippen molar-refractivity contribution < 1.29 is 4.74 Å². The van der Waals surface area contributed by atoms with Gasteiger partial charge in [-0.3, -0.25) is 4.90 Å². The Kier molecular flexibility index (Phi) is 4.58. The molecule has 0 radical (unpaired) electrons. The zero-order valence-corrected chi connectivity index (χ0v) is 7.96. The van der Waals surface area contributed by atoms with E-state index < -0.39 is 0 Å². The van der Waals surface area contributed by atoms with Gasteiger partial charge in [0.1, 0.15) is 0 Å². The first kappa shape index (κ1) is 9.96. The van der Waals surface area contributed by atoms with Gasteiger partial charge in [0.2, 0.25) is 0 Å².